The minimum Gasteiger partial charge on any atom is -0.495 e. The second kappa shape index (κ2) is 7.53. The third-order valence-corrected chi connectivity index (χ3v) is 5.81. The normalized spacial score (nSPS) is 19.8. The minimum atomic E-state index is -0.00420. The second-order valence-electron chi connectivity index (χ2n) is 6.62. The zero-order chi connectivity index (χ0) is 17.9. The molecule has 0 aliphatic carbocycles. The summed E-state index contributed by atoms with van der Waals surface area (Å²) in [5.41, 5.74) is 0. The third-order valence-electron chi connectivity index (χ3n) is 4.93. The highest BCUT2D eigenvalue weighted by molar-refractivity contribution is 7.12. The third kappa shape index (κ3) is 3.35. The SMILES string of the molecule is COc1ccsc1C(=O)N1CC[C@H](Oc2cccnc2N2CCCC2)C1. The first-order valence-corrected chi connectivity index (χ1v) is 9.91. The van der Waals surface area contributed by atoms with Crippen LogP contribution in [0.3, 0.4) is 0 Å². The van der Waals surface area contributed by atoms with Crippen molar-refractivity contribution in [3.8, 4) is 11.5 Å². The average molecular weight is 373 g/mol. The number of rotatable bonds is 5. The molecule has 0 aromatic carbocycles. The smallest absolute Gasteiger partial charge is 0.267 e. The van der Waals surface area contributed by atoms with Gasteiger partial charge in [-0.05, 0) is 36.4 Å². The Morgan fingerprint density at radius 2 is 2.08 bits per heavy atom. The summed E-state index contributed by atoms with van der Waals surface area (Å²) in [6, 6.07) is 5.72. The summed E-state index contributed by atoms with van der Waals surface area (Å²) in [6.45, 7) is 3.35. The van der Waals surface area contributed by atoms with E-state index in [1.165, 1.54) is 24.2 Å². The molecular formula is C19H23N3O3S. The van der Waals surface area contributed by atoms with Crippen LogP contribution in [0.5, 0.6) is 11.5 Å². The number of hydrogen-bond acceptors (Lipinski definition) is 6. The van der Waals surface area contributed by atoms with E-state index < -0.39 is 0 Å². The van der Waals surface area contributed by atoms with Gasteiger partial charge in [0.25, 0.3) is 5.91 Å². The van der Waals surface area contributed by atoms with Crippen molar-refractivity contribution >= 4 is 23.1 Å². The second-order valence-corrected chi connectivity index (χ2v) is 7.53. The molecule has 0 bridgehead atoms. The predicted molar refractivity (Wildman–Crippen MR) is 101 cm³/mol. The summed E-state index contributed by atoms with van der Waals surface area (Å²) in [6.07, 6.45) is 5.03. The lowest BCUT2D eigenvalue weighted by Gasteiger charge is -2.22. The van der Waals surface area contributed by atoms with Gasteiger partial charge in [-0.2, -0.15) is 0 Å². The van der Waals surface area contributed by atoms with Crippen molar-refractivity contribution < 1.29 is 14.3 Å². The van der Waals surface area contributed by atoms with E-state index in [1.807, 2.05) is 34.7 Å². The monoisotopic (exact) mass is 373 g/mol. The highest BCUT2D eigenvalue weighted by atomic mass is 32.1. The largest absolute Gasteiger partial charge is 0.495 e. The molecule has 2 aliphatic rings. The number of amides is 1. The highest BCUT2D eigenvalue weighted by Crippen LogP contribution is 2.31. The number of aromatic nitrogens is 1. The summed E-state index contributed by atoms with van der Waals surface area (Å²) in [5, 5.41) is 1.88. The lowest BCUT2D eigenvalue weighted by atomic mass is 10.3. The van der Waals surface area contributed by atoms with Gasteiger partial charge in [-0.25, -0.2) is 4.98 Å². The van der Waals surface area contributed by atoms with E-state index in [9.17, 15) is 4.79 Å². The van der Waals surface area contributed by atoms with Gasteiger partial charge in [0.05, 0.1) is 13.7 Å². The Morgan fingerprint density at radius 3 is 2.88 bits per heavy atom. The number of hydrogen-bond donors (Lipinski definition) is 0. The molecule has 0 radical (unpaired) electrons. The van der Waals surface area contributed by atoms with Gasteiger partial charge in [-0.1, -0.05) is 0 Å². The number of pyridine rings is 1. The van der Waals surface area contributed by atoms with E-state index in [0.29, 0.717) is 23.7 Å². The van der Waals surface area contributed by atoms with Crippen molar-refractivity contribution in [2.45, 2.75) is 25.4 Å². The first-order chi connectivity index (χ1) is 12.8. The van der Waals surface area contributed by atoms with Crippen LogP contribution in [0, 0.1) is 0 Å². The lowest BCUT2D eigenvalue weighted by Crippen LogP contribution is -2.31. The van der Waals surface area contributed by atoms with E-state index in [1.54, 1.807) is 7.11 Å². The average Bonchev–Trinajstić information content (AvgIpc) is 3.42. The Morgan fingerprint density at radius 1 is 1.23 bits per heavy atom. The number of carbonyl (C=O) groups is 1. The quantitative estimate of drug-likeness (QED) is 0.806. The van der Waals surface area contributed by atoms with Gasteiger partial charge in [0.1, 0.15) is 16.7 Å². The maximum Gasteiger partial charge on any atom is 0.267 e. The van der Waals surface area contributed by atoms with E-state index in [2.05, 4.69) is 9.88 Å². The van der Waals surface area contributed by atoms with Crippen LogP contribution in [0.4, 0.5) is 5.82 Å². The topological polar surface area (TPSA) is 54.9 Å². The molecule has 0 N–H and O–H groups in total. The Bertz CT molecular complexity index is 773. The molecule has 138 valence electrons. The van der Waals surface area contributed by atoms with Gasteiger partial charge in [-0.15, -0.1) is 11.3 Å². The van der Waals surface area contributed by atoms with Crippen molar-refractivity contribution in [2.75, 3.05) is 38.2 Å². The number of ether oxygens (including phenoxy) is 2. The minimum absolute atomic E-state index is 0.00420. The molecule has 0 spiro atoms. The van der Waals surface area contributed by atoms with E-state index in [0.717, 1.165) is 31.1 Å². The fourth-order valence-corrected chi connectivity index (χ4v) is 4.41. The molecule has 2 saturated heterocycles. The molecule has 1 atom stereocenters. The summed E-state index contributed by atoms with van der Waals surface area (Å²) >= 11 is 1.42. The fraction of sp³-hybridized carbons (Fsp3) is 0.474. The van der Waals surface area contributed by atoms with Crippen LogP contribution in [0.1, 0.15) is 28.9 Å². The molecular weight excluding hydrogens is 350 g/mol. The number of anilines is 1. The summed E-state index contributed by atoms with van der Waals surface area (Å²) in [7, 11) is 1.59. The molecule has 2 aromatic rings. The Hall–Kier alpha value is -2.28. The van der Waals surface area contributed by atoms with Crippen molar-refractivity contribution in [3.05, 3.63) is 34.7 Å². The molecule has 7 heteroatoms. The van der Waals surface area contributed by atoms with Crippen LogP contribution in [-0.2, 0) is 0 Å². The van der Waals surface area contributed by atoms with Gasteiger partial charge in [0.15, 0.2) is 11.6 Å². The van der Waals surface area contributed by atoms with Crippen molar-refractivity contribution in [3.63, 3.8) is 0 Å². The Balaban J connectivity index is 1.43. The Kier molecular flexibility index (Phi) is 4.97. The zero-order valence-electron chi connectivity index (χ0n) is 14.9. The maximum absolute atomic E-state index is 12.7. The molecule has 0 saturated carbocycles. The number of nitrogens with zero attached hydrogens (tertiary/aromatic N) is 3. The summed E-state index contributed by atoms with van der Waals surface area (Å²) < 4.78 is 11.5. The zero-order valence-corrected chi connectivity index (χ0v) is 15.7. The van der Waals surface area contributed by atoms with Crippen LogP contribution in [0.25, 0.3) is 0 Å². The van der Waals surface area contributed by atoms with Crippen LogP contribution in [0.15, 0.2) is 29.8 Å². The lowest BCUT2D eigenvalue weighted by molar-refractivity contribution is 0.0774. The van der Waals surface area contributed by atoms with Gasteiger partial charge in [0, 0.05) is 32.3 Å². The van der Waals surface area contributed by atoms with Crippen molar-refractivity contribution in [1.29, 1.82) is 0 Å². The predicted octanol–water partition coefficient (Wildman–Crippen LogP) is 3.05. The summed E-state index contributed by atoms with van der Waals surface area (Å²) in [5.74, 6) is 2.42. The first kappa shape index (κ1) is 17.1. The van der Waals surface area contributed by atoms with Gasteiger partial charge < -0.3 is 19.3 Å². The van der Waals surface area contributed by atoms with E-state index in [4.69, 9.17) is 9.47 Å². The van der Waals surface area contributed by atoms with Crippen LogP contribution >= 0.6 is 11.3 Å². The van der Waals surface area contributed by atoms with E-state index >= 15 is 0 Å². The molecule has 4 rings (SSSR count). The van der Waals surface area contributed by atoms with Gasteiger partial charge in [0.2, 0.25) is 0 Å². The molecule has 6 nitrogen and oxygen atoms in total. The van der Waals surface area contributed by atoms with Gasteiger partial charge >= 0.3 is 0 Å². The number of thiophene rings is 1. The van der Waals surface area contributed by atoms with Gasteiger partial charge in [-0.3, -0.25) is 4.79 Å². The number of likely N-dealkylation sites (tertiary alicyclic amines) is 1. The number of methoxy groups -OCH3 is 1. The summed E-state index contributed by atoms with van der Waals surface area (Å²) in [4.78, 5) is 22.1. The van der Waals surface area contributed by atoms with Crippen molar-refractivity contribution in [2.24, 2.45) is 0 Å². The fourth-order valence-electron chi connectivity index (χ4n) is 3.59. The molecule has 2 fully saturated rings. The highest BCUT2D eigenvalue weighted by Gasteiger charge is 2.31. The Labute approximate surface area is 157 Å². The molecule has 0 unspecified atom stereocenters. The first-order valence-electron chi connectivity index (χ1n) is 9.03. The molecule has 2 aliphatic heterocycles. The standard InChI is InChI=1S/C19H23N3O3S/c1-24-15-7-12-26-17(15)19(23)22-11-6-14(13-22)25-16-5-4-8-20-18(16)21-9-2-3-10-21/h4-5,7-8,12,14H,2-3,6,9-11,13H2,1H3/t14-/m0/s1. The molecule has 4 heterocycles. The van der Waals surface area contributed by atoms with Crippen LogP contribution in [0.2, 0.25) is 0 Å². The molecule has 26 heavy (non-hydrogen) atoms. The van der Waals surface area contributed by atoms with Crippen LogP contribution < -0.4 is 14.4 Å². The molecule has 1 amide bonds. The van der Waals surface area contributed by atoms with E-state index in [-0.39, 0.29) is 12.0 Å². The van der Waals surface area contributed by atoms with Crippen molar-refractivity contribution in [1.82, 2.24) is 9.88 Å². The number of carbonyl (C=O) groups excluding carboxylic acids is 1. The maximum atomic E-state index is 12.7. The van der Waals surface area contributed by atoms with Crippen LogP contribution in [-0.4, -0.2) is 55.2 Å². The molecule has 2 aromatic heterocycles.